The van der Waals surface area contributed by atoms with E-state index in [2.05, 4.69) is 0 Å². The zero-order valence-electron chi connectivity index (χ0n) is 9.45. The second kappa shape index (κ2) is 4.62. The van der Waals surface area contributed by atoms with E-state index in [0.29, 0.717) is 0 Å². The molecule has 0 atom stereocenters. The summed E-state index contributed by atoms with van der Waals surface area (Å²) in [6.45, 7) is 0. The van der Waals surface area contributed by atoms with Crippen molar-refractivity contribution in [2.45, 2.75) is 29.5 Å². The number of halogens is 12. The Hall–Kier alpha value is -0.770. The van der Waals surface area contributed by atoms with E-state index in [4.69, 9.17) is 9.11 Å². The van der Waals surface area contributed by atoms with Crippen LogP contribution < -0.4 is 0 Å². The third-order valence-corrected chi connectivity index (χ3v) is 4.19. The Balaban J connectivity index is 6.29. The van der Waals surface area contributed by atoms with Crippen molar-refractivity contribution in [3.63, 3.8) is 0 Å². The summed E-state index contributed by atoms with van der Waals surface area (Å²) < 4.78 is 174. The first-order valence-electron chi connectivity index (χ1n) is 4.40. The van der Waals surface area contributed by atoms with Gasteiger partial charge in [-0.3, -0.25) is 0 Å². The molecule has 0 spiro atoms. The monoisotopic (exact) mass is 384 g/mol. The second-order valence-corrected chi connectivity index (χ2v) is 6.78. The van der Waals surface area contributed by atoms with Crippen LogP contribution in [0.4, 0.5) is 52.7 Å². The van der Waals surface area contributed by atoms with E-state index in [-0.39, 0.29) is 0 Å². The van der Waals surface area contributed by atoms with E-state index in [1.165, 1.54) is 0 Å². The molecular formula is C6H4F12O3S. The second-order valence-electron chi connectivity index (χ2n) is 3.94. The predicted molar refractivity (Wildman–Crippen MR) is 45.2 cm³/mol. The average molecular weight is 384 g/mol. The van der Waals surface area contributed by atoms with Crippen molar-refractivity contribution in [2.75, 3.05) is 5.75 Å². The van der Waals surface area contributed by atoms with Gasteiger partial charge in [-0.15, -0.1) is 0 Å². The lowest BCUT2D eigenvalue weighted by Gasteiger charge is -2.43. The first kappa shape index (κ1) is 21.2. The Morgan fingerprint density at radius 2 is 1.00 bits per heavy atom. The van der Waals surface area contributed by atoms with Crippen LogP contribution in [0.5, 0.6) is 0 Å². The van der Waals surface area contributed by atoms with Crippen LogP contribution >= 0.6 is 0 Å². The van der Waals surface area contributed by atoms with Gasteiger partial charge in [-0.2, -0.15) is 52.7 Å². The van der Waals surface area contributed by atoms with Crippen LogP contribution in [0.15, 0.2) is 0 Å². The third-order valence-electron chi connectivity index (χ3n) is 2.05. The number of hydrogen-bond donors (Lipinski definition) is 2. The maximum absolute atomic E-state index is 12.9. The average Bonchev–Trinajstić information content (AvgIpc) is 2.09. The fraction of sp³-hybridized carbons (Fsp3) is 1.00. The van der Waals surface area contributed by atoms with Crippen LogP contribution in [0.3, 0.4) is 0 Å². The highest BCUT2D eigenvalue weighted by molar-refractivity contribution is 8.11. The van der Waals surface area contributed by atoms with Crippen LogP contribution in [-0.4, -0.2) is 48.5 Å². The Morgan fingerprint density at radius 1 is 0.682 bits per heavy atom. The molecule has 0 unspecified atom stereocenters. The molecule has 0 saturated carbocycles. The molecule has 0 amide bonds. The molecule has 2 N–H and O–H groups in total. The quantitative estimate of drug-likeness (QED) is 0.727. The van der Waals surface area contributed by atoms with Gasteiger partial charge in [0.15, 0.2) is 9.63 Å². The van der Waals surface area contributed by atoms with Gasteiger partial charge in [-0.1, -0.05) is 0 Å². The van der Waals surface area contributed by atoms with Crippen molar-refractivity contribution >= 4 is 9.63 Å². The minimum Gasteiger partial charge on any atom is -0.303 e. The van der Waals surface area contributed by atoms with Gasteiger partial charge in [0.05, 0.1) is 0 Å². The zero-order valence-corrected chi connectivity index (χ0v) is 10.3. The highest BCUT2D eigenvalue weighted by Crippen LogP contribution is 2.59. The maximum atomic E-state index is 12.9. The summed E-state index contributed by atoms with van der Waals surface area (Å²) in [6, 6.07) is 0. The lowest BCUT2D eigenvalue weighted by molar-refractivity contribution is -0.384. The molecule has 0 radical (unpaired) electrons. The summed E-state index contributed by atoms with van der Waals surface area (Å²) in [6.07, 6.45) is -13.7. The zero-order chi connectivity index (χ0) is 18.7. The molecule has 0 heterocycles. The molecule has 0 fully saturated rings. The van der Waals surface area contributed by atoms with E-state index in [1.807, 2.05) is 0 Å². The first-order chi connectivity index (χ1) is 8.99. The smallest absolute Gasteiger partial charge is 0.303 e. The minimum absolute atomic E-state index is 4.05. The fourth-order valence-corrected chi connectivity index (χ4v) is 2.42. The van der Waals surface area contributed by atoms with Crippen molar-refractivity contribution in [3.05, 3.63) is 0 Å². The predicted octanol–water partition coefficient (Wildman–Crippen LogP) is 3.74. The highest BCUT2D eigenvalue weighted by Gasteiger charge is 2.88. The van der Waals surface area contributed by atoms with E-state index < -0.39 is 44.8 Å². The number of hydrogen-bond acceptors (Lipinski definition) is 1. The molecule has 0 rings (SSSR count). The Kier molecular flexibility index (Phi) is 4.46. The van der Waals surface area contributed by atoms with Crippen LogP contribution in [0.25, 0.3) is 0 Å². The van der Waals surface area contributed by atoms with Crippen molar-refractivity contribution in [1.29, 1.82) is 0 Å². The topological polar surface area (TPSA) is 57.5 Å². The van der Waals surface area contributed by atoms with Crippen LogP contribution in [-0.2, 0) is 9.63 Å². The van der Waals surface area contributed by atoms with Gasteiger partial charge in [0.1, 0.15) is 5.75 Å². The SMILES string of the molecule is O=S(O)(O)(CC(F)(F)F)C(F)(F)C(F)(F)C(F)(F)C(F)(F)F. The van der Waals surface area contributed by atoms with E-state index >= 15 is 0 Å². The van der Waals surface area contributed by atoms with E-state index in [0.717, 1.165) is 0 Å². The first-order valence-corrected chi connectivity index (χ1v) is 6.45. The van der Waals surface area contributed by atoms with E-state index in [1.54, 1.807) is 0 Å². The molecule has 0 bridgehead atoms. The van der Waals surface area contributed by atoms with E-state index in [9.17, 15) is 56.9 Å². The molecular weight excluding hydrogens is 380 g/mol. The van der Waals surface area contributed by atoms with Crippen LogP contribution in [0.1, 0.15) is 0 Å². The van der Waals surface area contributed by atoms with Crippen molar-refractivity contribution in [3.8, 4) is 0 Å². The lowest BCUT2D eigenvalue weighted by atomic mass is 10.1. The largest absolute Gasteiger partial charge is 0.460 e. The van der Waals surface area contributed by atoms with Crippen molar-refractivity contribution < 1.29 is 66.0 Å². The normalized spacial score (nSPS) is 18.0. The van der Waals surface area contributed by atoms with Gasteiger partial charge in [-0.25, -0.2) is 4.21 Å². The lowest BCUT2D eigenvalue weighted by Crippen LogP contribution is -2.70. The summed E-state index contributed by atoms with van der Waals surface area (Å²) in [5.74, 6) is -19.6. The van der Waals surface area contributed by atoms with Gasteiger partial charge in [0.2, 0.25) is 0 Å². The summed E-state index contributed by atoms with van der Waals surface area (Å²) in [5.41, 5.74) is 0. The molecule has 3 nitrogen and oxygen atoms in total. The number of alkyl halides is 12. The molecule has 0 aliphatic rings. The van der Waals surface area contributed by atoms with Gasteiger partial charge >= 0.3 is 29.5 Å². The third kappa shape index (κ3) is 3.12. The Labute approximate surface area is 112 Å². The van der Waals surface area contributed by atoms with Crippen molar-refractivity contribution in [1.82, 2.24) is 0 Å². The Morgan fingerprint density at radius 3 is 1.23 bits per heavy atom. The van der Waals surface area contributed by atoms with Crippen LogP contribution in [0, 0.1) is 0 Å². The Bertz CT molecular complexity index is 496. The maximum Gasteiger partial charge on any atom is 0.460 e. The van der Waals surface area contributed by atoms with Gasteiger partial charge in [0.25, 0.3) is 0 Å². The molecule has 22 heavy (non-hydrogen) atoms. The van der Waals surface area contributed by atoms with Gasteiger partial charge < -0.3 is 9.11 Å². The fourth-order valence-electron chi connectivity index (χ4n) is 1.00. The van der Waals surface area contributed by atoms with Crippen molar-refractivity contribution in [2.24, 2.45) is 0 Å². The molecule has 0 aromatic carbocycles. The summed E-state index contributed by atoms with van der Waals surface area (Å²) in [4.78, 5) is 0. The summed E-state index contributed by atoms with van der Waals surface area (Å²) >= 11 is 0. The van der Waals surface area contributed by atoms with Crippen LogP contribution in [0.2, 0.25) is 0 Å². The summed E-state index contributed by atoms with van der Waals surface area (Å²) in [7, 11) is -9.03. The van der Waals surface area contributed by atoms with Gasteiger partial charge in [0, 0.05) is 0 Å². The molecule has 0 aromatic rings. The molecule has 16 heteroatoms. The number of rotatable bonds is 4. The molecule has 0 saturated heterocycles. The molecule has 0 aromatic heterocycles. The summed E-state index contributed by atoms with van der Waals surface area (Å²) in [5, 5.41) is -7.68. The standard InChI is InChI=1S/C6H4F12O3S/c7-2(8,9)1-22(19,20,21)6(17,18)4(12,13)3(10,11)5(14,15)16/h1H2,(H2,19,20,21). The minimum atomic E-state index is -9.03. The molecule has 0 aliphatic carbocycles. The molecule has 136 valence electrons. The highest BCUT2D eigenvalue weighted by atomic mass is 32.3. The van der Waals surface area contributed by atoms with Gasteiger partial charge in [-0.05, 0) is 0 Å². The molecule has 0 aliphatic heterocycles.